The molecule has 1 aliphatic rings. The Bertz CT molecular complexity index is 644. The Morgan fingerprint density at radius 1 is 1.24 bits per heavy atom. The molecule has 1 fully saturated rings. The van der Waals surface area contributed by atoms with Gasteiger partial charge in [0.05, 0.1) is 12.9 Å². The van der Waals surface area contributed by atoms with Crippen molar-refractivity contribution >= 4 is 16.9 Å². The lowest BCUT2D eigenvalue weighted by atomic mass is 10.0. The van der Waals surface area contributed by atoms with Gasteiger partial charge in [-0.1, -0.05) is 0 Å². The lowest BCUT2D eigenvalue weighted by Crippen LogP contribution is -2.32. The SMILES string of the molecule is CN(C)c1ncnc2c([C@@H]3O[C@H](CO)[C@@H](O)[C@H]3O)coc12. The Kier molecular flexibility index (Phi) is 3.54. The summed E-state index contributed by atoms with van der Waals surface area (Å²) in [5, 5.41) is 29.1. The molecule has 21 heavy (non-hydrogen) atoms. The minimum Gasteiger partial charge on any atom is -0.458 e. The molecule has 2 aromatic rings. The van der Waals surface area contributed by atoms with Crippen molar-refractivity contribution in [2.45, 2.75) is 24.4 Å². The summed E-state index contributed by atoms with van der Waals surface area (Å²) in [7, 11) is 3.66. The molecule has 0 saturated carbocycles. The number of ether oxygens (including phenoxy) is 1. The highest BCUT2D eigenvalue weighted by Crippen LogP contribution is 2.38. The summed E-state index contributed by atoms with van der Waals surface area (Å²) >= 11 is 0. The second-order valence-corrected chi connectivity index (χ2v) is 5.22. The first-order valence-electron chi connectivity index (χ1n) is 6.56. The van der Waals surface area contributed by atoms with E-state index in [0.29, 0.717) is 22.5 Å². The van der Waals surface area contributed by atoms with Crippen LogP contribution in [0.5, 0.6) is 0 Å². The maximum absolute atomic E-state index is 10.1. The molecule has 3 rings (SSSR count). The summed E-state index contributed by atoms with van der Waals surface area (Å²) in [6.07, 6.45) is -1.10. The number of nitrogens with zero attached hydrogens (tertiary/aromatic N) is 3. The monoisotopic (exact) mass is 295 g/mol. The fourth-order valence-corrected chi connectivity index (χ4v) is 2.53. The van der Waals surface area contributed by atoms with Gasteiger partial charge in [0.2, 0.25) is 0 Å². The van der Waals surface area contributed by atoms with Gasteiger partial charge in [-0.25, -0.2) is 9.97 Å². The lowest BCUT2D eigenvalue weighted by Gasteiger charge is -2.13. The third-order valence-corrected chi connectivity index (χ3v) is 3.63. The number of aromatic nitrogens is 2. The van der Waals surface area contributed by atoms with Crippen molar-refractivity contribution < 1.29 is 24.5 Å². The van der Waals surface area contributed by atoms with Crippen LogP contribution in [-0.2, 0) is 4.74 Å². The van der Waals surface area contributed by atoms with Crippen molar-refractivity contribution in [3.05, 3.63) is 18.2 Å². The lowest BCUT2D eigenvalue weighted by molar-refractivity contribution is -0.0226. The van der Waals surface area contributed by atoms with E-state index in [2.05, 4.69) is 9.97 Å². The van der Waals surface area contributed by atoms with Crippen LogP contribution in [0.3, 0.4) is 0 Å². The second-order valence-electron chi connectivity index (χ2n) is 5.22. The Morgan fingerprint density at radius 3 is 2.62 bits per heavy atom. The van der Waals surface area contributed by atoms with E-state index in [-0.39, 0.29) is 6.61 Å². The fraction of sp³-hybridized carbons (Fsp3) is 0.538. The van der Waals surface area contributed by atoms with Crippen LogP contribution in [0.25, 0.3) is 11.1 Å². The smallest absolute Gasteiger partial charge is 0.195 e. The molecule has 4 atom stereocenters. The Labute approximate surface area is 120 Å². The van der Waals surface area contributed by atoms with Crippen molar-refractivity contribution in [2.24, 2.45) is 0 Å². The zero-order chi connectivity index (χ0) is 15.1. The predicted octanol–water partition coefficient (Wildman–Crippen LogP) is -0.557. The molecule has 3 heterocycles. The normalized spacial score (nSPS) is 29.2. The van der Waals surface area contributed by atoms with E-state index >= 15 is 0 Å². The standard InChI is InChI=1S/C13H17N3O5/c1-16(2)13-12-8(14-5-15-13)6(4-20-12)11-10(19)9(18)7(3-17)21-11/h4-5,7,9-11,17-19H,3H2,1-2H3/t7-,9-,10-,11+/m1/s1. The summed E-state index contributed by atoms with van der Waals surface area (Å²) < 4.78 is 11.0. The summed E-state index contributed by atoms with van der Waals surface area (Å²) in [4.78, 5) is 10.1. The number of hydrogen-bond donors (Lipinski definition) is 3. The molecule has 2 aromatic heterocycles. The molecule has 0 aromatic carbocycles. The number of aliphatic hydroxyl groups is 3. The average Bonchev–Trinajstić information content (AvgIpc) is 3.01. The Balaban J connectivity index is 2.04. The zero-order valence-corrected chi connectivity index (χ0v) is 11.7. The van der Waals surface area contributed by atoms with Crippen molar-refractivity contribution in [3.8, 4) is 0 Å². The molecule has 114 valence electrons. The summed E-state index contributed by atoms with van der Waals surface area (Å²) in [5.74, 6) is 0.609. The van der Waals surface area contributed by atoms with E-state index in [4.69, 9.17) is 14.3 Å². The number of rotatable bonds is 3. The van der Waals surface area contributed by atoms with Gasteiger partial charge >= 0.3 is 0 Å². The molecule has 8 nitrogen and oxygen atoms in total. The molecular weight excluding hydrogens is 278 g/mol. The molecule has 3 N–H and O–H groups in total. The molecule has 0 radical (unpaired) electrons. The molecule has 0 amide bonds. The van der Waals surface area contributed by atoms with Crippen molar-refractivity contribution in [3.63, 3.8) is 0 Å². The van der Waals surface area contributed by atoms with Crippen LogP contribution in [0.1, 0.15) is 11.7 Å². The molecule has 0 bridgehead atoms. The van der Waals surface area contributed by atoms with Gasteiger partial charge in [0.15, 0.2) is 11.4 Å². The molecule has 8 heteroatoms. The largest absolute Gasteiger partial charge is 0.458 e. The number of aliphatic hydroxyl groups excluding tert-OH is 3. The highest BCUT2D eigenvalue weighted by Gasteiger charge is 2.44. The molecule has 0 unspecified atom stereocenters. The first kappa shape index (κ1) is 14.2. The van der Waals surface area contributed by atoms with E-state index in [1.54, 1.807) is 4.90 Å². The van der Waals surface area contributed by atoms with Crippen molar-refractivity contribution in [1.29, 1.82) is 0 Å². The van der Waals surface area contributed by atoms with Gasteiger partial charge < -0.3 is 29.4 Å². The highest BCUT2D eigenvalue weighted by molar-refractivity contribution is 5.86. The number of anilines is 1. The number of furan rings is 1. The van der Waals surface area contributed by atoms with Crippen LogP contribution in [0.4, 0.5) is 5.82 Å². The van der Waals surface area contributed by atoms with E-state index in [1.807, 2.05) is 14.1 Å². The minimum atomic E-state index is -1.15. The quantitative estimate of drug-likeness (QED) is 0.691. The van der Waals surface area contributed by atoms with Crippen LogP contribution >= 0.6 is 0 Å². The van der Waals surface area contributed by atoms with Crippen LogP contribution in [0.15, 0.2) is 17.0 Å². The Hall–Kier alpha value is -1.74. The molecule has 1 saturated heterocycles. The average molecular weight is 295 g/mol. The van der Waals surface area contributed by atoms with E-state index in [1.165, 1.54) is 12.6 Å². The molecule has 1 aliphatic heterocycles. The summed E-state index contributed by atoms with van der Waals surface area (Å²) in [5.41, 5.74) is 1.52. The van der Waals surface area contributed by atoms with Gasteiger partial charge in [-0.15, -0.1) is 0 Å². The van der Waals surface area contributed by atoms with Gasteiger partial charge in [0, 0.05) is 19.7 Å². The van der Waals surface area contributed by atoms with E-state index in [0.717, 1.165) is 0 Å². The first-order valence-corrected chi connectivity index (χ1v) is 6.56. The fourth-order valence-electron chi connectivity index (χ4n) is 2.53. The summed E-state index contributed by atoms with van der Waals surface area (Å²) in [6, 6.07) is 0. The third kappa shape index (κ3) is 2.16. The van der Waals surface area contributed by atoms with Crippen LogP contribution in [0.2, 0.25) is 0 Å². The second kappa shape index (κ2) is 5.23. The predicted molar refractivity (Wildman–Crippen MR) is 72.8 cm³/mol. The first-order chi connectivity index (χ1) is 10.0. The molecule has 0 spiro atoms. The Morgan fingerprint density at radius 2 is 2.00 bits per heavy atom. The minimum absolute atomic E-state index is 0.373. The highest BCUT2D eigenvalue weighted by atomic mass is 16.6. The van der Waals surface area contributed by atoms with Crippen LogP contribution < -0.4 is 4.90 Å². The molecule has 0 aliphatic carbocycles. The third-order valence-electron chi connectivity index (χ3n) is 3.63. The van der Waals surface area contributed by atoms with E-state index in [9.17, 15) is 10.2 Å². The van der Waals surface area contributed by atoms with Gasteiger partial charge in [-0.3, -0.25) is 0 Å². The van der Waals surface area contributed by atoms with Crippen LogP contribution in [-0.4, -0.2) is 64.3 Å². The van der Waals surface area contributed by atoms with E-state index < -0.39 is 24.4 Å². The van der Waals surface area contributed by atoms with Crippen molar-refractivity contribution in [2.75, 3.05) is 25.6 Å². The van der Waals surface area contributed by atoms with Crippen LogP contribution in [0, 0.1) is 0 Å². The summed E-state index contributed by atoms with van der Waals surface area (Å²) in [6.45, 7) is -0.373. The maximum atomic E-state index is 10.1. The van der Waals surface area contributed by atoms with Gasteiger partial charge in [0.1, 0.15) is 36.3 Å². The number of hydrogen-bond acceptors (Lipinski definition) is 8. The maximum Gasteiger partial charge on any atom is 0.195 e. The van der Waals surface area contributed by atoms with Crippen molar-refractivity contribution in [1.82, 2.24) is 9.97 Å². The van der Waals surface area contributed by atoms with Gasteiger partial charge in [-0.05, 0) is 0 Å². The zero-order valence-electron chi connectivity index (χ0n) is 11.7. The molecular formula is C13H17N3O5. The topological polar surface area (TPSA) is 112 Å². The number of fused-ring (bicyclic) bond motifs is 1. The van der Waals surface area contributed by atoms with Gasteiger partial charge in [-0.2, -0.15) is 0 Å². The van der Waals surface area contributed by atoms with Gasteiger partial charge in [0.25, 0.3) is 0 Å².